The Bertz CT molecular complexity index is 259. The zero-order valence-corrected chi connectivity index (χ0v) is 9.58. The number of rotatable bonds is 4. The summed E-state index contributed by atoms with van der Waals surface area (Å²) in [7, 11) is 0. The van der Waals surface area contributed by atoms with Gasteiger partial charge in [-0.05, 0) is 13.8 Å². The molecule has 1 heterocycles. The fourth-order valence-electron chi connectivity index (χ4n) is 1.82. The van der Waals surface area contributed by atoms with Gasteiger partial charge in [0.05, 0.1) is 25.2 Å². The van der Waals surface area contributed by atoms with Crippen molar-refractivity contribution in [3.8, 4) is 0 Å². The van der Waals surface area contributed by atoms with Gasteiger partial charge >= 0.3 is 0 Å². The molecule has 1 rings (SSSR count). The van der Waals surface area contributed by atoms with Gasteiger partial charge in [-0.1, -0.05) is 0 Å². The summed E-state index contributed by atoms with van der Waals surface area (Å²) in [5, 5.41) is 0. The number of alkyl halides is 2. The number of halogens is 2. The van der Waals surface area contributed by atoms with Gasteiger partial charge in [0.15, 0.2) is 0 Å². The van der Waals surface area contributed by atoms with Crippen LogP contribution in [0, 0.1) is 0 Å². The predicted molar refractivity (Wildman–Crippen MR) is 55.2 cm³/mol. The third-order valence-electron chi connectivity index (χ3n) is 2.56. The van der Waals surface area contributed by atoms with Crippen LogP contribution in [-0.2, 0) is 9.53 Å². The van der Waals surface area contributed by atoms with Crippen molar-refractivity contribution in [1.82, 2.24) is 4.90 Å². The molecule has 2 N–H and O–H groups in total. The average molecular weight is 236 g/mol. The maximum atomic E-state index is 13.2. The summed E-state index contributed by atoms with van der Waals surface area (Å²) in [6.45, 7) is 3.32. The zero-order valence-electron chi connectivity index (χ0n) is 9.58. The van der Waals surface area contributed by atoms with Crippen molar-refractivity contribution in [2.75, 3.05) is 19.8 Å². The molecular formula is C10H18F2N2O2. The fourth-order valence-corrected chi connectivity index (χ4v) is 1.82. The SMILES string of the molecule is CCOC[C@@H]1CC(F)(F)CN1C(=O)[C@@H](C)N. The van der Waals surface area contributed by atoms with Gasteiger partial charge in [-0.25, -0.2) is 8.78 Å². The van der Waals surface area contributed by atoms with Crippen molar-refractivity contribution in [1.29, 1.82) is 0 Å². The van der Waals surface area contributed by atoms with E-state index in [0.29, 0.717) is 6.61 Å². The summed E-state index contributed by atoms with van der Waals surface area (Å²) < 4.78 is 31.5. The van der Waals surface area contributed by atoms with Gasteiger partial charge in [0.2, 0.25) is 5.91 Å². The van der Waals surface area contributed by atoms with E-state index in [1.165, 1.54) is 6.92 Å². The van der Waals surface area contributed by atoms with Crippen LogP contribution in [0.5, 0.6) is 0 Å². The number of carbonyl (C=O) groups is 1. The third kappa shape index (κ3) is 3.12. The molecule has 1 aliphatic rings. The maximum absolute atomic E-state index is 13.2. The summed E-state index contributed by atoms with van der Waals surface area (Å²) in [5.41, 5.74) is 5.42. The molecule has 1 aliphatic heterocycles. The molecule has 0 saturated carbocycles. The standard InChI is InChI=1S/C10H18F2N2O2/c1-3-16-5-8-4-10(11,12)6-14(8)9(15)7(2)13/h7-8H,3-6,13H2,1-2H3/t7-,8+/m1/s1. The van der Waals surface area contributed by atoms with Crippen molar-refractivity contribution in [2.24, 2.45) is 5.73 Å². The molecule has 0 bridgehead atoms. The highest BCUT2D eigenvalue weighted by Crippen LogP contribution is 2.32. The Morgan fingerprint density at radius 3 is 2.81 bits per heavy atom. The molecule has 4 nitrogen and oxygen atoms in total. The second-order valence-electron chi connectivity index (χ2n) is 4.13. The van der Waals surface area contributed by atoms with E-state index < -0.39 is 30.5 Å². The van der Waals surface area contributed by atoms with Crippen LogP contribution in [0.4, 0.5) is 8.78 Å². The molecule has 2 atom stereocenters. The largest absolute Gasteiger partial charge is 0.380 e. The second-order valence-corrected chi connectivity index (χ2v) is 4.13. The van der Waals surface area contributed by atoms with Crippen LogP contribution in [0.15, 0.2) is 0 Å². The minimum Gasteiger partial charge on any atom is -0.380 e. The number of nitrogens with zero attached hydrogens (tertiary/aromatic N) is 1. The first-order valence-corrected chi connectivity index (χ1v) is 5.39. The average Bonchev–Trinajstić information content (AvgIpc) is 2.49. The Balaban J connectivity index is 2.68. The van der Waals surface area contributed by atoms with Crippen LogP contribution in [-0.4, -0.2) is 48.6 Å². The van der Waals surface area contributed by atoms with E-state index in [0.717, 1.165) is 4.90 Å². The van der Waals surface area contributed by atoms with Crippen molar-refractivity contribution < 1.29 is 18.3 Å². The van der Waals surface area contributed by atoms with E-state index in [1.807, 2.05) is 0 Å². The van der Waals surface area contributed by atoms with E-state index in [-0.39, 0.29) is 13.0 Å². The lowest BCUT2D eigenvalue weighted by molar-refractivity contribution is -0.135. The number of likely N-dealkylation sites (tertiary alicyclic amines) is 1. The Kier molecular flexibility index (Phi) is 4.21. The topological polar surface area (TPSA) is 55.6 Å². The van der Waals surface area contributed by atoms with Gasteiger partial charge in [0, 0.05) is 13.0 Å². The molecule has 0 aromatic heterocycles. The monoisotopic (exact) mass is 236 g/mol. The molecule has 0 radical (unpaired) electrons. The zero-order chi connectivity index (χ0) is 12.3. The molecule has 1 fully saturated rings. The molecule has 6 heteroatoms. The van der Waals surface area contributed by atoms with E-state index in [2.05, 4.69) is 0 Å². The van der Waals surface area contributed by atoms with Crippen LogP contribution in [0.2, 0.25) is 0 Å². The smallest absolute Gasteiger partial charge is 0.267 e. The number of hydrogen-bond acceptors (Lipinski definition) is 3. The number of amides is 1. The Morgan fingerprint density at radius 1 is 1.69 bits per heavy atom. The van der Waals surface area contributed by atoms with Crippen LogP contribution in [0.3, 0.4) is 0 Å². The highest BCUT2D eigenvalue weighted by atomic mass is 19.3. The van der Waals surface area contributed by atoms with E-state index in [9.17, 15) is 13.6 Å². The van der Waals surface area contributed by atoms with Gasteiger partial charge < -0.3 is 15.4 Å². The first-order chi connectivity index (χ1) is 7.37. The van der Waals surface area contributed by atoms with Gasteiger partial charge in [0.1, 0.15) is 0 Å². The second kappa shape index (κ2) is 5.05. The van der Waals surface area contributed by atoms with Gasteiger partial charge in [-0.2, -0.15) is 0 Å². The normalized spacial score (nSPS) is 25.8. The molecule has 0 unspecified atom stereocenters. The van der Waals surface area contributed by atoms with Crippen molar-refractivity contribution in [3.63, 3.8) is 0 Å². The molecule has 94 valence electrons. The van der Waals surface area contributed by atoms with E-state index >= 15 is 0 Å². The summed E-state index contributed by atoms with van der Waals surface area (Å²) in [6.07, 6.45) is -0.342. The lowest BCUT2D eigenvalue weighted by atomic mass is 10.2. The minimum absolute atomic E-state index is 0.143. The lowest BCUT2D eigenvalue weighted by Gasteiger charge is -2.25. The first-order valence-electron chi connectivity index (χ1n) is 5.39. The van der Waals surface area contributed by atoms with Crippen LogP contribution in [0.25, 0.3) is 0 Å². The predicted octanol–water partition coefficient (Wildman–Crippen LogP) is 0.606. The van der Waals surface area contributed by atoms with Crippen molar-refractivity contribution >= 4 is 5.91 Å². The molecule has 1 saturated heterocycles. The van der Waals surface area contributed by atoms with Crippen molar-refractivity contribution in [3.05, 3.63) is 0 Å². The van der Waals surface area contributed by atoms with Crippen molar-refractivity contribution in [2.45, 2.75) is 38.3 Å². The Labute approximate surface area is 93.7 Å². The lowest BCUT2D eigenvalue weighted by Crippen LogP contribution is -2.46. The summed E-state index contributed by atoms with van der Waals surface area (Å²) >= 11 is 0. The third-order valence-corrected chi connectivity index (χ3v) is 2.56. The quantitative estimate of drug-likeness (QED) is 0.778. The molecule has 1 amide bonds. The van der Waals surface area contributed by atoms with Crippen LogP contribution >= 0.6 is 0 Å². The molecule has 0 spiro atoms. The van der Waals surface area contributed by atoms with Gasteiger partial charge in [-0.3, -0.25) is 4.79 Å². The maximum Gasteiger partial charge on any atom is 0.267 e. The fraction of sp³-hybridized carbons (Fsp3) is 0.900. The molecular weight excluding hydrogens is 218 g/mol. The number of carbonyl (C=O) groups excluding carboxylic acids is 1. The van der Waals surface area contributed by atoms with E-state index in [4.69, 9.17) is 10.5 Å². The minimum atomic E-state index is -2.83. The van der Waals surface area contributed by atoms with Gasteiger partial charge in [-0.15, -0.1) is 0 Å². The number of ether oxygens (including phenoxy) is 1. The summed E-state index contributed by atoms with van der Waals surface area (Å²) in [6, 6.07) is -1.31. The molecule has 0 aromatic carbocycles. The van der Waals surface area contributed by atoms with E-state index in [1.54, 1.807) is 6.92 Å². The molecule has 16 heavy (non-hydrogen) atoms. The Hall–Kier alpha value is -0.750. The molecule has 0 aromatic rings. The van der Waals surface area contributed by atoms with Gasteiger partial charge in [0.25, 0.3) is 5.92 Å². The Morgan fingerprint density at radius 2 is 2.31 bits per heavy atom. The highest BCUT2D eigenvalue weighted by molar-refractivity contribution is 5.82. The summed E-state index contributed by atoms with van der Waals surface area (Å²) in [4.78, 5) is 12.8. The first kappa shape index (κ1) is 13.3. The number of hydrogen-bond donors (Lipinski definition) is 1. The van der Waals surface area contributed by atoms with Crippen LogP contribution in [0.1, 0.15) is 20.3 Å². The number of nitrogens with two attached hydrogens (primary N) is 1. The van der Waals surface area contributed by atoms with Crippen LogP contribution < -0.4 is 5.73 Å². The summed E-state index contributed by atoms with van der Waals surface area (Å²) in [5.74, 6) is -3.27. The highest BCUT2D eigenvalue weighted by Gasteiger charge is 2.47. The molecule has 0 aliphatic carbocycles.